The van der Waals surface area contributed by atoms with E-state index in [-0.39, 0.29) is 29.1 Å². The summed E-state index contributed by atoms with van der Waals surface area (Å²) in [5.74, 6) is 0.0120. The number of hydrogen-bond donors (Lipinski definition) is 0. The van der Waals surface area contributed by atoms with Gasteiger partial charge >= 0.3 is 12.1 Å². The molecule has 1 heterocycles. The van der Waals surface area contributed by atoms with E-state index in [1.165, 1.54) is 30.0 Å². The standard InChI is InChI=1S/C17H19F3N2O3S/c1-16(2,3)25-13(23)9-6-10-26-15-22-21-14(24-15)11-7-4-5-8-12(11)17(18,19)20/h4-5,7-8H,6,9-10H2,1-3H3. The summed E-state index contributed by atoms with van der Waals surface area (Å²) in [5, 5.41) is 7.60. The van der Waals surface area contributed by atoms with Crippen LogP contribution in [0, 0.1) is 0 Å². The predicted molar refractivity (Wildman–Crippen MR) is 90.5 cm³/mol. The second-order valence-corrected chi connectivity index (χ2v) is 7.50. The van der Waals surface area contributed by atoms with Gasteiger partial charge in [-0.15, -0.1) is 10.2 Å². The molecule has 0 unspecified atom stereocenters. The van der Waals surface area contributed by atoms with Crippen molar-refractivity contribution in [3.8, 4) is 11.5 Å². The quantitative estimate of drug-likeness (QED) is 0.395. The van der Waals surface area contributed by atoms with E-state index < -0.39 is 17.3 Å². The van der Waals surface area contributed by atoms with Gasteiger partial charge in [-0.05, 0) is 39.3 Å². The third kappa shape index (κ3) is 6.05. The minimum absolute atomic E-state index is 0.154. The molecular formula is C17H19F3N2O3S. The molecule has 1 aromatic carbocycles. The molecule has 2 rings (SSSR count). The SMILES string of the molecule is CC(C)(C)OC(=O)CCCSc1nnc(-c2ccccc2C(F)(F)F)o1. The number of rotatable bonds is 6. The van der Waals surface area contributed by atoms with Crippen LogP contribution in [0.4, 0.5) is 13.2 Å². The van der Waals surface area contributed by atoms with Gasteiger partial charge in [0.15, 0.2) is 0 Å². The van der Waals surface area contributed by atoms with Crippen molar-refractivity contribution in [2.45, 2.75) is 50.6 Å². The molecule has 0 aliphatic carbocycles. The van der Waals surface area contributed by atoms with Crippen molar-refractivity contribution in [3.63, 3.8) is 0 Å². The molecule has 0 radical (unpaired) electrons. The summed E-state index contributed by atoms with van der Waals surface area (Å²) in [5.41, 5.74) is -1.52. The van der Waals surface area contributed by atoms with Crippen LogP contribution in [0.15, 0.2) is 33.9 Å². The highest BCUT2D eigenvalue weighted by Gasteiger charge is 2.34. The molecule has 0 aliphatic rings. The number of benzene rings is 1. The number of ether oxygens (including phenoxy) is 1. The fraction of sp³-hybridized carbons (Fsp3) is 0.471. The lowest BCUT2D eigenvalue weighted by atomic mass is 10.1. The van der Waals surface area contributed by atoms with Gasteiger partial charge in [-0.2, -0.15) is 13.2 Å². The number of carbonyl (C=O) groups excluding carboxylic acids is 1. The van der Waals surface area contributed by atoms with Crippen molar-refractivity contribution in [1.29, 1.82) is 0 Å². The van der Waals surface area contributed by atoms with Crippen LogP contribution in [0.1, 0.15) is 39.2 Å². The molecule has 5 nitrogen and oxygen atoms in total. The summed E-state index contributed by atoms with van der Waals surface area (Å²) in [6.45, 7) is 5.37. The third-order valence-corrected chi connectivity index (χ3v) is 3.94. The highest BCUT2D eigenvalue weighted by Crippen LogP contribution is 2.37. The Balaban J connectivity index is 1.92. The Morgan fingerprint density at radius 3 is 2.54 bits per heavy atom. The maximum absolute atomic E-state index is 13.0. The maximum Gasteiger partial charge on any atom is 0.417 e. The summed E-state index contributed by atoms with van der Waals surface area (Å²) >= 11 is 1.18. The molecule has 1 aromatic heterocycles. The average molecular weight is 388 g/mol. The number of aromatic nitrogens is 2. The van der Waals surface area contributed by atoms with E-state index in [0.717, 1.165) is 6.07 Å². The van der Waals surface area contributed by atoms with Crippen LogP contribution in [-0.4, -0.2) is 27.5 Å². The minimum Gasteiger partial charge on any atom is -0.460 e. The fourth-order valence-electron chi connectivity index (χ4n) is 2.06. The Bertz CT molecular complexity index is 754. The normalized spacial score (nSPS) is 12.2. The van der Waals surface area contributed by atoms with E-state index in [9.17, 15) is 18.0 Å². The van der Waals surface area contributed by atoms with Crippen LogP contribution in [0.2, 0.25) is 0 Å². The Hall–Kier alpha value is -2.03. The Morgan fingerprint density at radius 2 is 1.88 bits per heavy atom. The van der Waals surface area contributed by atoms with E-state index in [1.807, 2.05) is 0 Å². The first kappa shape index (κ1) is 20.3. The number of esters is 1. The highest BCUT2D eigenvalue weighted by molar-refractivity contribution is 7.99. The Labute approximate surface area is 153 Å². The van der Waals surface area contributed by atoms with Crippen molar-refractivity contribution in [3.05, 3.63) is 29.8 Å². The molecule has 0 amide bonds. The number of alkyl halides is 3. The lowest BCUT2D eigenvalue weighted by Gasteiger charge is -2.19. The van der Waals surface area contributed by atoms with E-state index in [0.29, 0.717) is 12.2 Å². The van der Waals surface area contributed by atoms with Crippen molar-refractivity contribution in [1.82, 2.24) is 10.2 Å². The predicted octanol–water partition coefficient (Wildman–Crippen LogP) is 4.97. The van der Waals surface area contributed by atoms with Crippen molar-refractivity contribution in [2.75, 3.05) is 5.75 Å². The first-order valence-electron chi connectivity index (χ1n) is 7.91. The molecule has 26 heavy (non-hydrogen) atoms. The van der Waals surface area contributed by atoms with Crippen LogP contribution in [0.3, 0.4) is 0 Å². The topological polar surface area (TPSA) is 65.2 Å². The number of thioether (sulfide) groups is 1. The molecule has 0 aliphatic heterocycles. The van der Waals surface area contributed by atoms with Gasteiger partial charge in [0.1, 0.15) is 5.60 Å². The van der Waals surface area contributed by atoms with Crippen LogP contribution < -0.4 is 0 Å². The van der Waals surface area contributed by atoms with Crippen molar-refractivity contribution < 1.29 is 27.1 Å². The van der Waals surface area contributed by atoms with E-state index in [4.69, 9.17) is 9.15 Å². The van der Waals surface area contributed by atoms with Crippen molar-refractivity contribution in [2.24, 2.45) is 0 Å². The zero-order chi connectivity index (χ0) is 19.4. The number of hydrogen-bond acceptors (Lipinski definition) is 6. The molecule has 0 fully saturated rings. The van der Waals surface area contributed by atoms with Gasteiger partial charge in [-0.25, -0.2) is 0 Å². The largest absolute Gasteiger partial charge is 0.460 e. The van der Waals surface area contributed by atoms with Gasteiger partial charge in [0.2, 0.25) is 5.89 Å². The highest BCUT2D eigenvalue weighted by atomic mass is 32.2. The van der Waals surface area contributed by atoms with Gasteiger partial charge in [-0.1, -0.05) is 23.9 Å². The van der Waals surface area contributed by atoms with Gasteiger partial charge < -0.3 is 9.15 Å². The Morgan fingerprint density at radius 1 is 1.19 bits per heavy atom. The van der Waals surface area contributed by atoms with Gasteiger partial charge in [0, 0.05) is 12.2 Å². The first-order chi connectivity index (χ1) is 12.1. The number of carbonyl (C=O) groups is 1. The molecule has 0 N–H and O–H groups in total. The molecule has 142 valence electrons. The fourth-order valence-corrected chi connectivity index (χ4v) is 2.76. The summed E-state index contributed by atoms with van der Waals surface area (Å²) < 4.78 is 49.6. The minimum atomic E-state index is -4.51. The molecule has 0 saturated carbocycles. The second-order valence-electron chi connectivity index (χ2n) is 6.45. The lowest BCUT2D eigenvalue weighted by Crippen LogP contribution is -2.23. The van der Waals surface area contributed by atoms with Crippen LogP contribution in [0.25, 0.3) is 11.5 Å². The monoisotopic (exact) mass is 388 g/mol. The summed E-state index contributed by atoms with van der Waals surface area (Å²) in [6, 6.07) is 5.03. The molecule has 9 heteroatoms. The molecule has 0 atom stereocenters. The van der Waals surface area contributed by atoms with E-state index in [2.05, 4.69) is 10.2 Å². The molecule has 0 spiro atoms. The number of nitrogens with zero attached hydrogens (tertiary/aromatic N) is 2. The van der Waals surface area contributed by atoms with Crippen LogP contribution in [-0.2, 0) is 15.7 Å². The van der Waals surface area contributed by atoms with Gasteiger partial charge in [0.05, 0.1) is 11.1 Å². The maximum atomic E-state index is 13.0. The summed E-state index contributed by atoms with van der Waals surface area (Å²) in [6.07, 6.45) is -3.75. The molecular weight excluding hydrogens is 369 g/mol. The molecule has 0 saturated heterocycles. The first-order valence-corrected chi connectivity index (χ1v) is 8.89. The molecule has 2 aromatic rings. The average Bonchev–Trinajstić information content (AvgIpc) is 2.98. The van der Waals surface area contributed by atoms with Crippen molar-refractivity contribution >= 4 is 17.7 Å². The zero-order valence-electron chi connectivity index (χ0n) is 14.6. The zero-order valence-corrected chi connectivity index (χ0v) is 15.4. The molecule has 0 bridgehead atoms. The summed E-state index contributed by atoms with van der Waals surface area (Å²) in [4.78, 5) is 11.6. The van der Waals surface area contributed by atoms with Gasteiger partial charge in [-0.3, -0.25) is 4.79 Å². The Kier molecular flexibility index (Phi) is 6.33. The number of halogens is 3. The lowest BCUT2D eigenvalue weighted by molar-refractivity contribution is -0.154. The van der Waals surface area contributed by atoms with Crippen LogP contribution in [0.5, 0.6) is 0 Å². The third-order valence-electron chi connectivity index (χ3n) is 3.04. The second kappa shape index (κ2) is 8.11. The van der Waals surface area contributed by atoms with Gasteiger partial charge in [0.25, 0.3) is 5.22 Å². The van der Waals surface area contributed by atoms with E-state index in [1.54, 1.807) is 20.8 Å². The van der Waals surface area contributed by atoms with Crippen LogP contribution >= 0.6 is 11.8 Å². The van der Waals surface area contributed by atoms with E-state index >= 15 is 0 Å². The summed E-state index contributed by atoms with van der Waals surface area (Å²) in [7, 11) is 0. The smallest absolute Gasteiger partial charge is 0.417 e.